The largest absolute Gasteiger partial charge is 0.416 e. The Morgan fingerprint density at radius 1 is 1.08 bits per heavy atom. The zero-order valence-corrected chi connectivity index (χ0v) is 20.4. The molecule has 1 aliphatic rings. The molecule has 0 radical (unpaired) electrons. The summed E-state index contributed by atoms with van der Waals surface area (Å²) in [5.41, 5.74) is 0.349. The standard InChI is InChI=1S/C24H23F4N5O3S/c1-29-23-31-18(13-20(32-23)15-4-6-16(7-5-15)24(26,27)28)14-30-22(34)21-3-2-12-33(21)37(35,36)19-10-8-17(25)9-11-19/h4-11,13,21H,2-3,12,14H2,1H3,(H,30,34)(H,29,31,32). The summed E-state index contributed by atoms with van der Waals surface area (Å²) in [6.45, 7) is 0.0812. The second kappa shape index (κ2) is 10.4. The fourth-order valence-electron chi connectivity index (χ4n) is 4.01. The third-order valence-corrected chi connectivity index (χ3v) is 7.80. The molecule has 0 saturated carbocycles. The molecular weight excluding hydrogens is 514 g/mol. The van der Waals surface area contributed by atoms with Crippen molar-refractivity contribution < 1.29 is 30.8 Å². The average Bonchev–Trinajstić information content (AvgIpc) is 3.38. The number of sulfonamides is 1. The Morgan fingerprint density at radius 2 is 1.76 bits per heavy atom. The molecule has 1 aromatic heterocycles. The van der Waals surface area contributed by atoms with Gasteiger partial charge in [-0.3, -0.25) is 4.79 Å². The van der Waals surface area contributed by atoms with Crippen molar-refractivity contribution in [3.05, 3.63) is 71.7 Å². The molecule has 1 atom stereocenters. The number of alkyl halides is 3. The fourth-order valence-corrected chi connectivity index (χ4v) is 5.66. The van der Waals surface area contributed by atoms with Gasteiger partial charge in [0.15, 0.2) is 0 Å². The molecule has 196 valence electrons. The van der Waals surface area contributed by atoms with E-state index in [4.69, 9.17) is 0 Å². The first-order valence-electron chi connectivity index (χ1n) is 11.3. The van der Waals surface area contributed by atoms with Crippen molar-refractivity contribution in [1.82, 2.24) is 19.6 Å². The Morgan fingerprint density at radius 3 is 2.38 bits per heavy atom. The number of hydrogen-bond acceptors (Lipinski definition) is 6. The van der Waals surface area contributed by atoms with Crippen LogP contribution >= 0.6 is 0 Å². The van der Waals surface area contributed by atoms with Gasteiger partial charge in [-0.05, 0) is 55.3 Å². The number of nitrogens with zero attached hydrogens (tertiary/aromatic N) is 3. The minimum Gasteiger partial charge on any atom is -0.357 e. The topological polar surface area (TPSA) is 104 Å². The zero-order valence-electron chi connectivity index (χ0n) is 19.6. The maximum absolute atomic E-state index is 13.2. The monoisotopic (exact) mass is 537 g/mol. The van der Waals surface area contributed by atoms with Crippen molar-refractivity contribution in [2.75, 3.05) is 18.9 Å². The molecule has 0 aliphatic carbocycles. The molecule has 1 aliphatic heterocycles. The molecule has 37 heavy (non-hydrogen) atoms. The highest BCUT2D eigenvalue weighted by atomic mass is 32.2. The lowest BCUT2D eigenvalue weighted by Crippen LogP contribution is -2.45. The Balaban J connectivity index is 1.50. The SMILES string of the molecule is CNc1nc(CNC(=O)C2CCCN2S(=O)(=O)c2ccc(F)cc2)cc(-c2ccc(C(F)(F)F)cc2)n1. The maximum atomic E-state index is 13.2. The van der Waals surface area contributed by atoms with Crippen LogP contribution in [0.15, 0.2) is 59.5 Å². The molecule has 1 fully saturated rings. The van der Waals surface area contributed by atoms with E-state index in [1.807, 2.05) is 0 Å². The van der Waals surface area contributed by atoms with Gasteiger partial charge >= 0.3 is 6.18 Å². The molecule has 13 heteroatoms. The van der Waals surface area contributed by atoms with Crippen molar-refractivity contribution in [1.29, 1.82) is 0 Å². The molecule has 8 nitrogen and oxygen atoms in total. The first kappa shape index (κ1) is 26.5. The van der Waals surface area contributed by atoms with Gasteiger partial charge in [-0.25, -0.2) is 22.8 Å². The van der Waals surface area contributed by atoms with Gasteiger partial charge in [-0.15, -0.1) is 0 Å². The summed E-state index contributed by atoms with van der Waals surface area (Å²) in [6.07, 6.45) is -3.67. The number of halogens is 4. The number of benzene rings is 2. The van der Waals surface area contributed by atoms with E-state index in [0.717, 1.165) is 40.7 Å². The first-order valence-corrected chi connectivity index (χ1v) is 12.7. The second-order valence-electron chi connectivity index (χ2n) is 8.34. The molecule has 3 aromatic rings. The third kappa shape index (κ3) is 5.88. The first-order chi connectivity index (χ1) is 17.5. The predicted molar refractivity (Wildman–Crippen MR) is 127 cm³/mol. The number of hydrogen-bond donors (Lipinski definition) is 2. The minimum atomic E-state index is -4.46. The lowest BCUT2D eigenvalue weighted by molar-refractivity contribution is -0.137. The van der Waals surface area contributed by atoms with Crippen molar-refractivity contribution in [3.8, 4) is 11.3 Å². The molecule has 1 amide bonds. The summed E-state index contributed by atoms with van der Waals surface area (Å²) in [6, 6.07) is 9.47. The summed E-state index contributed by atoms with van der Waals surface area (Å²) in [4.78, 5) is 21.4. The van der Waals surface area contributed by atoms with E-state index in [1.54, 1.807) is 7.05 Å². The van der Waals surface area contributed by atoms with Gasteiger partial charge < -0.3 is 10.6 Å². The number of rotatable bonds is 7. The van der Waals surface area contributed by atoms with Gasteiger partial charge in [-0.2, -0.15) is 17.5 Å². The number of aromatic nitrogens is 2. The fraction of sp³-hybridized carbons (Fsp3) is 0.292. The number of amides is 1. The van der Waals surface area contributed by atoms with Gasteiger partial charge in [0.2, 0.25) is 21.9 Å². The van der Waals surface area contributed by atoms with Crippen LogP contribution in [0.2, 0.25) is 0 Å². The number of carbonyl (C=O) groups is 1. The van der Waals surface area contributed by atoms with Gasteiger partial charge in [0, 0.05) is 19.2 Å². The van der Waals surface area contributed by atoms with Crippen LogP contribution in [0.5, 0.6) is 0 Å². The predicted octanol–water partition coefficient (Wildman–Crippen LogP) is 3.81. The van der Waals surface area contributed by atoms with Crippen LogP contribution in [0.25, 0.3) is 11.3 Å². The summed E-state index contributed by atoms with van der Waals surface area (Å²) in [5.74, 6) is -0.900. The Kier molecular flexibility index (Phi) is 7.46. The van der Waals surface area contributed by atoms with E-state index in [2.05, 4.69) is 20.6 Å². The lowest BCUT2D eigenvalue weighted by Gasteiger charge is -2.23. The van der Waals surface area contributed by atoms with Crippen LogP contribution in [0.3, 0.4) is 0 Å². The highest BCUT2D eigenvalue weighted by molar-refractivity contribution is 7.89. The van der Waals surface area contributed by atoms with E-state index >= 15 is 0 Å². The smallest absolute Gasteiger partial charge is 0.357 e. The van der Waals surface area contributed by atoms with Gasteiger partial charge in [-0.1, -0.05) is 12.1 Å². The van der Waals surface area contributed by atoms with Gasteiger partial charge in [0.25, 0.3) is 0 Å². The van der Waals surface area contributed by atoms with Crippen molar-refractivity contribution >= 4 is 21.9 Å². The van der Waals surface area contributed by atoms with E-state index in [1.165, 1.54) is 18.2 Å². The highest BCUT2D eigenvalue weighted by Gasteiger charge is 2.39. The van der Waals surface area contributed by atoms with Crippen LogP contribution in [-0.4, -0.2) is 48.2 Å². The van der Waals surface area contributed by atoms with Crippen molar-refractivity contribution in [3.63, 3.8) is 0 Å². The van der Waals surface area contributed by atoms with Crippen LogP contribution < -0.4 is 10.6 Å². The normalized spacial score (nSPS) is 16.5. The summed E-state index contributed by atoms with van der Waals surface area (Å²) >= 11 is 0. The van der Waals surface area contributed by atoms with Crippen LogP contribution in [0.1, 0.15) is 24.1 Å². The van der Waals surface area contributed by atoms with E-state index in [-0.39, 0.29) is 23.9 Å². The van der Waals surface area contributed by atoms with Crippen LogP contribution in [-0.2, 0) is 27.5 Å². The lowest BCUT2D eigenvalue weighted by atomic mass is 10.1. The average molecular weight is 538 g/mol. The zero-order chi connectivity index (χ0) is 26.8. The quantitative estimate of drug-likeness (QED) is 0.445. The molecular formula is C24H23F4N5O3S. The van der Waals surface area contributed by atoms with E-state index < -0.39 is 39.5 Å². The number of carbonyl (C=O) groups excluding carboxylic acids is 1. The Hall–Kier alpha value is -3.58. The molecule has 0 bridgehead atoms. The van der Waals surface area contributed by atoms with Crippen molar-refractivity contribution in [2.24, 2.45) is 0 Å². The second-order valence-corrected chi connectivity index (χ2v) is 10.2. The summed E-state index contributed by atoms with van der Waals surface area (Å²) in [7, 11) is -2.44. The molecule has 1 unspecified atom stereocenters. The molecule has 1 saturated heterocycles. The Labute approximate surface area is 210 Å². The molecule has 2 aromatic carbocycles. The van der Waals surface area contributed by atoms with Gasteiger partial charge in [0.05, 0.1) is 28.4 Å². The molecule has 4 rings (SSSR count). The van der Waals surface area contributed by atoms with Crippen molar-refractivity contribution in [2.45, 2.75) is 36.5 Å². The highest BCUT2D eigenvalue weighted by Crippen LogP contribution is 2.31. The maximum Gasteiger partial charge on any atom is 0.416 e. The molecule has 2 heterocycles. The third-order valence-electron chi connectivity index (χ3n) is 5.88. The number of anilines is 1. The van der Waals surface area contributed by atoms with E-state index in [9.17, 15) is 30.8 Å². The van der Waals surface area contributed by atoms with Gasteiger partial charge in [0.1, 0.15) is 11.9 Å². The van der Waals surface area contributed by atoms with E-state index in [0.29, 0.717) is 29.8 Å². The molecule has 0 spiro atoms. The minimum absolute atomic E-state index is 0.0649. The number of nitrogens with one attached hydrogen (secondary N) is 2. The summed E-state index contributed by atoms with van der Waals surface area (Å²) in [5, 5.41) is 5.47. The Bertz CT molecular complexity index is 1380. The van der Waals surface area contributed by atoms with Crippen LogP contribution in [0.4, 0.5) is 23.5 Å². The molecule has 2 N–H and O–H groups in total. The van der Waals surface area contributed by atoms with Crippen LogP contribution in [0, 0.1) is 5.82 Å². The summed E-state index contributed by atoms with van der Waals surface area (Å²) < 4.78 is 79.1.